The molecule has 0 aliphatic rings. The van der Waals surface area contributed by atoms with Crippen LogP contribution in [0.15, 0.2) is 82.6 Å². The van der Waals surface area contributed by atoms with E-state index >= 15 is 0 Å². The van der Waals surface area contributed by atoms with Gasteiger partial charge in [-0.2, -0.15) is 0 Å². The molecule has 0 amide bonds. The topological polar surface area (TPSA) is 96.8 Å². The summed E-state index contributed by atoms with van der Waals surface area (Å²) in [6.45, 7) is 1.84. The predicted molar refractivity (Wildman–Crippen MR) is 120 cm³/mol. The molecule has 0 bridgehead atoms. The third kappa shape index (κ3) is 4.55. The molecule has 9 heteroatoms. The molecule has 0 atom stereocenters. The number of hydrogen-bond donors (Lipinski definition) is 2. The lowest BCUT2D eigenvalue weighted by atomic mass is 10.1. The molecule has 2 aromatic heterocycles. The zero-order valence-corrected chi connectivity index (χ0v) is 18.1. The van der Waals surface area contributed by atoms with E-state index in [1.807, 2.05) is 37.3 Å². The summed E-state index contributed by atoms with van der Waals surface area (Å²) in [6, 6.07) is 18.8. The van der Waals surface area contributed by atoms with Gasteiger partial charge in [-0.25, -0.2) is 18.1 Å². The van der Waals surface area contributed by atoms with Crippen molar-refractivity contribution in [1.82, 2.24) is 14.8 Å². The van der Waals surface area contributed by atoms with Crippen molar-refractivity contribution < 1.29 is 8.42 Å². The lowest BCUT2D eigenvalue weighted by Crippen LogP contribution is -2.19. The minimum atomic E-state index is -3.81. The Labute approximate surface area is 184 Å². The van der Waals surface area contributed by atoms with Crippen molar-refractivity contribution in [3.63, 3.8) is 0 Å². The van der Waals surface area contributed by atoms with Gasteiger partial charge < -0.3 is 0 Å². The molecule has 2 aromatic carbocycles. The van der Waals surface area contributed by atoms with Crippen molar-refractivity contribution in [3.8, 4) is 5.82 Å². The highest BCUT2D eigenvalue weighted by atomic mass is 35.5. The van der Waals surface area contributed by atoms with Gasteiger partial charge in [0.1, 0.15) is 0 Å². The van der Waals surface area contributed by atoms with Gasteiger partial charge in [0.2, 0.25) is 0 Å². The normalized spacial score (nSPS) is 11.4. The van der Waals surface area contributed by atoms with E-state index in [4.69, 9.17) is 11.6 Å². The standard InChI is InChI=1S/C22H19ClN4O3S/c1-15-20(12-16-6-3-2-4-7-16)22(28)27(25-15)21-11-10-18(14-24-21)26-31(29,30)19-9-5-8-17(23)13-19/h2-11,13-14,25-26H,12H2,1H3. The molecule has 4 rings (SSSR count). The Morgan fingerprint density at radius 1 is 1.06 bits per heavy atom. The second-order valence-corrected chi connectivity index (χ2v) is 9.11. The maximum atomic E-state index is 12.9. The summed E-state index contributed by atoms with van der Waals surface area (Å²) in [5, 5.41) is 3.36. The third-order valence-corrected chi connectivity index (χ3v) is 6.37. The SMILES string of the molecule is Cc1[nH]n(-c2ccc(NS(=O)(=O)c3cccc(Cl)c3)cn2)c(=O)c1Cc1ccccc1. The molecule has 0 radical (unpaired) electrons. The molecule has 0 spiro atoms. The molecule has 0 saturated heterocycles. The smallest absolute Gasteiger partial charge is 0.276 e. The fourth-order valence-corrected chi connectivity index (χ4v) is 4.52. The summed E-state index contributed by atoms with van der Waals surface area (Å²) in [4.78, 5) is 17.2. The van der Waals surface area contributed by atoms with E-state index in [1.54, 1.807) is 24.3 Å². The van der Waals surface area contributed by atoms with Crippen LogP contribution in [0, 0.1) is 6.92 Å². The molecule has 7 nitrogen and oxygen atoms in total. The number of hydrogen-bond acceptors (Lipinski definition) is 4. The van der Waals surface area contributed by atoms with Gasteiger partial charge >= 0.3 is 0 Å². The maximum absolute atomic E-state index is 12.9. The molecule has 0 saturated carbocycles. The highest BCUT2D eigenvalue weighted by Crippen LogP contribution is 2.19. The van der Waals surface area contributed by atoms with Crippen molar-refractivity contribution in [3.05, 3.63) is 105 Å². The average Bonchev–Trinajstić information content (AvgIpc) is 3.03. The molecule has 4 aromatic rings. The first-order chi connectivity index (χ1) is 14.8. The number of H-pyrrole nitrogens is 1. The number of benzene rings is 2. The van der Waals surface area contributed by atoms with E-state index < -0.39 is 10.0 Å². The van der Waals surface area contributed by atoms with E-state index in [1.165, 1.54) is 23.0 Å². The quantitative estimate of drug-likeness (QED) is 0.461. The van der Waals surface area contributed by atoms with Crippen LogP contribution in [0.25, 0.3) is 5.82 Å². The van der Waals surface area contributed by atoms with E-state index in [0.29, 0.717) is 22.8 Å². The minimum absolute atomic E-state index is 0.0471. The zero-order valence-electron chi connectivity index (χ0n) is 16.5. The Morgan fingerprint density at radius 3 is 2.52 bits per heavy atom. The van der Waals surface area contributed by atoms with Crippen LogP contribution in [0.4, 0.5) is 5.69 Å². The van der Waals surface area contributed by atoms with Crippen LogP contribution in [0.5, 0.6) is 0 Å². The summed E-state index contributed by atoms with van der Waals surface area (Å²) in [5.41, 5.74) is 2.51. The molecule has 158 valence electrons. The van der Waals surface area contributed by atoms with Crippen LogP contribution < -0.4 is 10.3 Å². The maximum Gasteiger partial charge on any atom is 0.276 e. The number of anilines is 1. The van der Waals surface area contributed by atoms with Crippen molar-refractivity contribution in [2.24, 2.45) is 0 Å². The first kappa shape index (κ1) is 20.9. The second kappa shape index (κ2) is 8.41. The average molecular weight is 455 g/mol. The Hall–Kier alpha value is -3.36. The number of aryl methyl sites for hydroxylation is 1. The number of sulfonamides is 1. The van der Waals surface area contributed by atoms with Gasteiger partial charge in [-0.05, 0) is 42.8 Å². The number of pyridine rings is 1. The molecular weight excluding hydrogens is 436 g/mol. The highest BCUT2D eigenvalue weighted by Gasteiger charge is 2.16. The number of aromatic nitrogens is 3. The Morgan fingerprint density at radius 2 is 1.84 bits per heavy atom. The van der Waals surface area contributed by atoms with E-state index in [9.17, 15) is 13.2 Å². The second-order valence-electron chi connectivity index (χ2n) is 6.99. The first-order valence-corrected chi connectivity index (χ1v) is 11.3. The van der Waals surface area contributed by atoms with Gasteiger partial charge in [0.05, 0.1) is 16.8 Å². The minimum Gasteiger partial charge on any atom is -0.294 e. The largest absolute Gasteiger partial charge is 0.294 e. The molecule has 0 unspecified atom stereocenters. The Kier molecular flexibility index (Phi) is 5.67. The molecule has 2 heterocycles. The molecule has 0 aliphatic heterocycles. The number of nitrogens with one attached hydrogen (secondary N) is 2. The van der Waals surface area contributed by atoms with Gasteiger partial charge in [0, 0.05) is 22.7 Å². The van der Waals surface area contributed by atoms with Crippen LogP contribution in [0.3, 0.4) is 0 Å². The van der Waals surface area contributed by atoms with Crippen LogP contribution in [0.1, 0.15) is 16.8 Å². The number of aromatic amines is 1. The van der Waals surface area contributed by atoms with Gasteiger partial charge in [-0.3, -0.25) is 14.6 Å². The predicted octanol–water partition coefficient (Wildman–Crippen LogP) is 3.91. The van der Waals surface area contributed by atoms with Gasteiger partial charge in [0.25, 0.3) is 15.6 Å². The lowest BCUT2D eigenvalue weighted by Gasteiger charge is -2.09. The number of nitrogens with zero attached hydrogens (tertiary/aromatic N) is 2. The van der Waals surface area contributed by atoms with E-state index in [2.05, 4.69) is 14.8 Å². The summed E-state index contributed by atoms with van der Waals surface area (Å²) in [7, 11) is -3.81. The summed E-state index contributed by atoms with van der Waals surface area (Å²) >= 11 is 5.88. The van der Waals surface area contributed by atoms with Crippen LogP contribution in [-0.4, -0.2) is 23.2 Å². The molecular formula is C22H19ClN4O3S. The zero-order chi connectivity index (χ0) is 22.0. The third-order valence-electron chi connectivity index (χ3n) is 4.75. The van der Waals surface area contributed by atoms with Gasteiger partial charge in [-0.1, -0.05) is 48.0 Å². The number of rotatable bonds is 6. The summed E-state index contributed by atoms with van der Waals surface area (Å²) in [5.74, 6) is 0.359. The fourth-order valence-electron chi connectivity index (χ4n) is 3.18. The highest BCUT2D eigenvalue weighted by molar-refractivity contribution is 7.92. The first-order valence-electron chi connectivity index (χ1n) is 9.43. The fraction of sp³-hybridized carbons (Fsp3) is 0.0909. The van der Waals surface area contributed by atoms with Crippen LogP contribution >= 0.6 is 11.6 Å². The summed E-state index contributed by atoms with van der Waals surface area (Å²) < 4.78 is 28.9. The Balaban J connectivity index is 1.57. The summed E-state index contributed by atoms with van der Waals surface area (Å²) in [6.07, 6.45) is 1.86. The van der Waals surface area contributed by atoms with Crippen molar-refractivity contribution >= 4 is 27.3 Å². The van der Waals surface area contributed by atoms with Crippen LogP contribution in [-0.2, 0) is 16.4 Å². The van der Waals surface area contributed by atoms with Crippen molar-refractivity contribution in [2.75, 3.05) is 4.72 Å². The van der Waals surface area contributed by atoms with Gasteiger partial charge in [-0.15, -0.1) is 0 Å². The van der Waals surface area contributed by atoms with Gasteiger partial charge in [0.15, 0.2) is 5.82 Å². The van der Waals surface area contributed by atoms with Crippen molar-refractivity contribution in [1.29, 1.82) is 0 Å². The number of halogens is 1. The van der Waals surface area contributed by atoms with E-state index in [0.717, 1.165) is 11.3 Å². The molecule has 0 fully saturated rings. The van der Waals surface area contributed by atoms with E-state index in [-0.39, 0.29) is 16.1 Å². The Bertz CT molecular complexity index is 1380. The molecule has 31 heavy (non-hydrogen) atoms. The molecule has 2 N–H and O–H groups in total. The molecule has 0 aliphatic carbocycles. The monoisotopic (exact) mass is 454 g/mol. The lowest BCUT2D eigenvalue weighted by molar-refractivity contribution is 0.601. The van der Waals surface area contributed by atoms with Crippen LogP contribution in [0.2, 0.25) is 5.02 Å². The van der Waals surface area contributed by atoms with Crippen molar-refractivity contribution in [2.45, 2.75) is 18.2 Å².